The van der Waals surface area contributed by atoms with E-state index in [1.165, 1.54) is 24.3 Å². The van der Waals surface area contributed by atoms with Gasteiger partial charge in [0, 0.05) is 23.3 Å². The lowest BCUT2D eigenvalue weighted by molar-refractivity contribution is -0.384. The number of benzene rings is 3. The molecule has 0 aliphatic rings. The van der Waals surface area contributed by atoms with E-state index >= 15 is 0 Å². The average molecular weight is 428 g/mol. The molecule has 0 aliphatic carbocycles. The molecule has 2 amide bonds. The van der Waals surface area contributed by atoms with E-state index in [1.54, 1.807) is 4.68 Å². The summed E-state index contributed by atoms with van der Waals surface area (Å²) in [4.78, 5) is 39.3. The normalized spacial score (nSPS) is 10.4. The van der Waals surface area contributed by atoms with E-state index in [-0.39, 0.29) is 17.1 Å². The molecule has 0 fully saturated rings. The fourth-order valence-electron chi connectivity index (χ4n) is 2.91. The molecular formula is C22H16N6O4. The van der Waals surface area contributed by atoms with Crippen LogP contribution in [0.1, 0.15) is 21.0 Å². The van der Waals surface area contributed by atoms with Gasteiger partial charge in [-0.1, -0.05) is 48.5 Å². The van der Waals surface area contributed by atoms with Crippen LogP contribution in [0.5, 0.6) is 0 Å². The van der Waals surface area contributed by atoms with Crippen molar-refractivity contribution in [3.05, 3.63) is 106 Å². The van der Waals surface area contributed by atoms with Crippen molar-refractivity contribution in [2.45, 2.75) is 0 Å². The van der Waals surface area contributed by atoms with Crippen molar-refractivity contribution >= 4 is 17.5 Å². The molecule has 10 nitrogen and oxygen atoms in total. The average Bonchev–Trinajstić information content (AvgIpc) is 3.29. The number of para-hydroxylation sites is 1. The Hall–Kier alpha value is -4.86. The number of carbonyl (C=O) groups is 2. The van der Waals surface area contributed by atoms with Crippen LogP contribution in [0, 0.1) is 10.1 Å². The van der Waals surface area contributed by atoms with Gasteiger partial charge in [0.15, 0.2) is 5.82 Å². The molecule has 4 rings (SSSR count). The topological polar surface area (TPSA) is 132 Å². The van der Waals surface area contributed by atoms with Gasteiger partial charge in [-0.25, -0.2) is 9.67 Å². The summed E-state index contributed by atoms with van der Waals surface area (Å²) in [5.74, 6) is -1.04. The van der Waals surface area contributed by atoms with Gasteiger partial charge in [-0.15, -0.1) is 5.10 Å². The molecule has 0 spiro atoms. The Morgan fingerprint density at radius 3 is 2.03 bits per heavy atom. The molecule has 1 heterocycles. The molecule has 0 saturated heterocycles. The summed E-state index contributed by atoms with van der Waals surface area (Å²) >= 11 is 0. The first-order chi connectivity index (χ1) is 15.5. The smallest absolute Gasteiger partial charge is 0.267 e. The fraction of sp³-hybridized carbons (Fsp3) is 0. The number of hydrazine groups is 1. The monoisotopic (exact) mass is 428 g/mol. The number of carbonyl (C=O) groups excluding carboxylic acids is 2. The Bertz CT molecular complexity index is 1210. The van der Waals surface area contributed by atoms with Gasteiger partial charge >= 0.3 is 5.91 Å². The number of aromatic nitrogens is 3. The molecular weight excluding hydrogens is 412 g/mol. The largest absolute Gasteiger partial charge is 0.309 e. The third-order valence-electron chi connectivity index (χ3n) is 4.47. The van der Waals surface area contributed by atoms with Crippen LogP contribution in [0.3, 0.4) is 0 Å². The van der Waals surface area contributed by atoms with Crippen LogP contribution in [-0.2, 0) is 0 Å². The van der Waals surface area contributed by atoms with E-state index < -0.39 is 16.7 Å². The third kappa shape index (κ3) is 4.33. The maximum atomic E-state index is 12.6. The summed E-state index contributed by atoms with van der Waals surface area (Å²) in [5.41, 5.74) is 6.00. The molecule has 0 bridgehead atoms. The van der Waals surface area contributed by atoms with Gasteiger partial charge in [-0.3, -0.25) is 30.6 Å². The van der Waals surface area contributed by atoms with E-state index in [1.807, 2.05) is 60.7 Å². The Kier molecular flexibility index (Phi) is 5.66. The Morgan fingerprint density at radius 1 is 0.812 bits per heavy atom. The van der Waals surface area contributed by atoms with Crippen LogP contribution in [0.25, 0.3) is 17.1 Å². The van der Waals surface area contributed by atoms with Crippen LogP contribution >= 0.6 is 0 Å². The number of hydrogen-bond donors (Lipinski definition) is 2. The third-order valence-corrected chi connectivity index (χ3v) is 4.47. The summed E-state index contributed by atoms with van der Waals surface area (Å²) in [6, 6.07) is 23.5. The van der Waals surface area contributed by atoms with Crippen molar-refractivity contribution in [3.8, 4) is 17.1 Å². The van der Waals surface area contributed by atoms with E-state index in [0.29, 0.717) is 11.5 Å². The molecule has 10 heteroatoms. The first kappa shape index (κ1) is 20.4. The zero-order valence-electron chi connectivity index (χ0n) is 16.5. The first-order valence-electron chi connectivity index (χ1n) is 9.46. The number of hydrogen-bond acceptors (Lipinski definition) is 6. The van der Waals surface area contributed by atoms with Crippen molar-refractivity contribution in [2.75, 3.05) is 0 Å². The summed E-state index contributed by atoms with van der Waals surface area (Å²) in [6.45, 7) is 0. The number of non-ortho nitro benzene ring substituents is 1. The fourth-order valence-corrected chi connectivity index (χ4v) is 2.91. The zero-order chi connectivity index (χ0) is 22.5. The summed E-state index contributed by atoms with van der Waals surface area (Å²) in [6.07, 6.45) is 0. The summed E-state index contributed by atoms with van der Waals surface area (Å²) in [5, 5.41) is 15.0. The quantitative estimate of drug-likeness (QED) is 0.371. The van der Waals surface area contributed by atoms with E-state index in [4.69, 9.17) is 0 Å². The van der Waals surface area contributed by atoms with Crippen molar-refractivity contribution in [1.29, 1.82) is 0 Å². The zero-order valence-corrected chi connectivity index (χ0v) is 16.5. The van der Waals surface area contributed by atoms with Gasteiger partial charge in [0.2, 0.25) is 5.82 Å². The van der Waals surface area contributed by atoms with Crippen LogP contribution in [-0.4, -0.2) is 31.5 Å². The van der Waals surface area contributed by atoms with Crippen LogP contribution in [0.2, 0.25) is 0 Å². The van der Waals surface area contributed by atoms with E-state index in [0.717, 1.165) is 5.56 Å². The molecule has 0 unspecified atom stereocenters. The van der Waals surface area contributed by atoms with Crippen LogP contribution in [0.4, 0.5) is 5.69 Å². The van der Waals surface area contributed by atoms with Gasteiger partial charge in [-0.2, -0.15) is 0 Å². The minimum Gasteiger partial charge on any atom is -0.267 e. The lowest BCUT2D eigenvalue weighted by Gasteiger charge is -2.05. The number of amides is 2. The molecule has 0 atom stereocenters. The number of nitrogens with zero attached hydrogens (tertiary/aromatic N) is 4. The van der Waals surface area contributed by atoms with E-state index in [9.17, 15) is 19.7 Å². The lowest BCUT2D eigenvalue weighted by Crippen LogP contribution is -2.42. The van der Waals surface area contributed by atoms with Gasteiger partial charge in [0.1, 0.15) is 0 Å². The highest BCUT2D eigenvalue weighted by Crippen LogP contribution is 2.21. The highest BCUT2D eigenvalue weighted by Gasteiger charge is 2.19. The number of nitro groups is 1. The maximum Gasteiger partial charge on any atom is 0.309 e. The Morgan fingerprint density at radius 2 is 1.41 bits per heavy atom. The second kappa shape index (κ2) is 8.88. The predicted octanol–water partition coefficient (Wildman–Crippen LogP) is 2.92. The standard InChI is InChI=1S/C22H16N6O4/c29-21(16-11-13-18(14-12-16)28(31)32)24-25-22(30)19-23-20(15-7-3-1-4-8-15)27(26-19)17-9-5-2-6-10-17/h1-14H,(H,24,29)(H,25,30). The molecule has 0 radical (unpaired) electrons. The van der Waals surface area contributed by atoms with Gasteiger partial charge < -0.3 is 0 Å². The van der Waals surface area contributed by atoms with E-state index in [2.05, 4.69) is 20.9 Å². The number of nitrogens with one attached hydrogen (secondary N) is 2. The van der Waals surface area contributed by atoms with Crippen molar-refractivity contribution < 1.29 is 14.5 Å². The van der Waals surface area contributed by atoms with Gasteiger partial charge in [0.05, 0.1) is 10.6 Å². The molecule has 0 aliphatic heterocycles. The van der Waals surface area contributed by atoms with Gasteiger partial charge in [-0.05, 0) is 24.3 Å². The first-order valence-corrected chi connectivity index (χ1v) is 9.46. The summed E-state index contributed by atoms with van der Waals surface area (Å²) < 4.78 is 1.54. The molecule has 3 aromatic carbocycles. The lowest BCUT2D eigenvalue weighted by atomic mass is 10.2. The van der Waals surface area contributed by atoms with Crippen LogP contribution in [0.15, 0.2) is 84.9 Å². The maximum absolute atomic E-state index is 12.6. The minimum atomic E-state index is -0.716. The molecule has 158 valence electrons. The second-order valence-electron chi connectivity index (χ2n) is 6.58. The Balaban J connectivity index is 1.54. The Labute approximate surface area is 181 Å². The minimum absolute atomic E-state index is 0.142. The van der Waals surface area contributed by atoms with Crippen LogP contribution < -0.4 is 10.9 Å². The number of rotatable bonds is 5. The SMILES string of the molecule is O=C(NNC(=O)c1nc(-c2ccccc2)n(-c2ccccc2)n1)c1ccc([N+](=O)[O-])cc1. The molecule has 4 aromatic rings. The summed E-state index contributed by atoms with van der Waals surface area (Å²) in [7, 11) is 0. The molecule has 32 heavy (non-hydrogen) atoms. The second-order valence-corrected chi connectivity index (χ2v) is 6.58. The van der Waals surface area contributed by atoms with Crippen molar-refractivity contribution in [1.82, 2.24) is 25.6 Å². The number of nitro benzene ring substituents is 1. The van der Waals surface area contributed by atoms with Crippen molar-refractivity contribution in [3.63, 3.8) is 0 Å². The molecule has 0 saturated carbocycles. The highest BCUT2D eigenvalue weighted by atomic mass is 16.6. The van der Waals surface area contributed by atoms with Gasteiger partial charge in [0.25, 0.3) is 11.6 Å². The predicted molar refractivity (Wildman–Crippen MR) is 115 cm³/mol. The van der Waals surface area contributed by atoms with Crippen molar-refractivity contribution in [2.24, 2.45) is 0 Å². The molecule has 2 N–H and O–H groups in total. The highest BCUT2D eigenvalue weighted by molar-refractivity contribution is 5.97. The molecule has 1 aromatic heterocycles.